The molecule has 5 heteroatoms. The van der Waals surface area contributed by atoms with Gasteiger partial charge in [0, 0.05) is 18.4 Å². The van der Waals surface area contributed by atoms with Crippen molar-refractivity contribution in [3.8, 4) is 5.69 Å². The van der Waals surface area contributed by atoms with E-state index < -0.39 is 0 Å². The average Bonchev–Trinajstić information content (AvgIpc) is 3.05. The monoisotopic (exact) mass is 339 g/mol. The van der Waals surface area contributed by atoms with Crippen LogP contribution in [0.5, 0.6) is 0 Å². The van der Waals surface area contributed by atoms with Crippen molar-refractivity contribution < 1.29 is 9.59 Å². The molecule has 5 nitrogen and oxygen atoms in total. The molecule has 2 atom stereocenters. The molecule has 0 saturated carbocycles. The highest BCUT2D eigenvalue weighted by Gasteiger charge is 2.30. The molecule has 1 aliphatic rings. The summed E-state index contributed by atoms with van der Waals surface area (Å²) in [7, 11) is 0. The Balaban J connectivity index is 1.84. The molecule has 0 aliphatic carbocycles. The number of aromatic nitrogens is 2. The van der Waals surface area contributed by atoms with Crippen molar-refractivity contribution in [1.29, 1.82) is 0 Å². The van der Waals surface area contributed by atoms with Crippen LogP contribution in [0, 0.1) is 11.8 Å². The van der Waals surface area contributed by atoms with Crippen molar-refractivity contribution >= 4 is 17.4 Å². The number of para-hydroxylation sites is 1. The maximum atomic E-state index is 12.9. The van der Waals surface area contributed by atoms with Crippen LogP contribution < -0.4 is 4.90 Å². The number of hydrogen-bond donors (Lipinski definition) is 0. The van der Waals surface area contributed by atoms with Gasteiger partial charge in [0.1, 0.15) is 5.78 Å². The number of rotatable bonds is 5. The summed E-state index contributed by atoms with van der Waals surface area (Å²) in [6.45, 7) is 6.11. The quantitative estimate of drug-likeness (QED) is 0.839. The molecule has 0 saturated heterocycles. The van der Waals surface area contributed by atoms with Crippen LogP contribution in [0.4, 0.5) is 5.69 Å². The van der Waals surface area contributed by atoms with Crippen molar-refractivity contribution in [3.63, 3.8) is 0 Å². The van der Waals surface area contributed by atoms with Gasteiger partial charge in [0.05, 0.1) is 23.3 Å². The minimum Gasteiger partial charge on any atom is -0.309 e. The van der Waals surface area contributed by atoms with E-state index in [2.05, 4.69) is 5.10 Å². The molecule has 1 aromatic heterocycles. The summed E-state index contributed by atoms with van der Waals surface area (Å²) in [5, 5.41) is 4.52. The van der Waals surface area contributed by atoms with Crippen LogP contribution >= 0.6 is 0 Å². The van der Waals surface area contributed by atoms with Gasteiger partial charge in [-0.05, 0) is 38.3 Å². The predicted molar refractivity (Wildman–Crippen MR) is 97.9 cm³/mol. The molecule has 1 aliphatic heterocycles. The summed E-state index contributed by atoms with van der Waals surface area (Å²) in [5.41, 5.74) is 3.00. The number of carbonyl (C=O) groups is 2. The van der Waals surface area contributed by atoms with Gasteiger partial charge in [-0.2, -0.15) is 5.10 Å². The minimum atomic E-state index is -0.176. The SMILES string of the molecule is CC(=O)C(C)CC(C)C(=O)N1CCCc2c1cnn2-c1ccccc1. The fourth-order valence-electron chi connectivity index (χ4n) is 3.43. The lowest BCUT2D eigenvalue weighted by atomic mass is 9.93. The summed E-state index contributed by atoms with van der Waals surface area (Å²) in [6, 6.07) is 9.99. The Hall–Kier alpha value is -2.43. The van der Waals surface area contributed by atoms with Gasteiger partial charge in [-0.1, -0.05) is 32.0 Å². The molecule has 3 rings (SSSR count). The Labute approximate surface area is 148 Å². The zero-order valence-electron chi connectivity index (χ0n) is 15.1. The molecule has 1 aromatic carbocycles. The Morgan fingerprint density at radius 1 is 1.16 bits per heavy atom. The first-order chi connectivity index (χ1) is 12.0. The Morgan fingerprint density at radius 2 is 1.88 bits per heavy atom. The predicted octanol–water partition coefficient (Wildman–Crippen LogP) is 3.40. The van der Waals surface area contributed by atoms with E-state index in [1.807, 2.05) is 53.8 Å². The highest BCUT2D eigenvalue weighted by atomic mass is 16.2. The summed E-state index contributed by atoms with van der Waals surface area (Å²) in [4.78, 5) is 26.3. The van der Waals surface area contributed by atoms with E-state index in [0.29, 0.717) is 13.0 Å². The number of benzene rings is 1. The zero-order chi connectivity index (χ0) is 18.0. The fraction of sp³-hybridized carbons (Fsp3) is 0.450. The third-order valence-corrected chi connectivity index (χ3v) is 5.02. The third-order valence-electron chi connectivity index (χ3n) is 5.02. The molecular weight excluding hydrogens is 314 g/mol. The van der Waals surface area contributed by atoms with E-state index in [4.69, 9.17) is 0 Å². The van der Waals surface area contributed by atoms with Crippen LogP contribution in [0.3, 0.4) is 0 Å². The number of Topliss-reactive ketones (excluding diaryl/α,β-unsaturated/α-hetero) is 1. The number of nitrogens with zero attached hydrogens (tertiary/aromatic N) is 3. The standard InChI is InChI=1S/C20H25N3O2/c1-14(16(3)24)12-15(2)20(25)22-11-7-10-18-19(22)13-21-23(18)17-8-5-4-6-9-17/h4-6,8-9,13-15H,7,10-12H2,1-3H3. The fourth-order valence-corrected chi connectivity index (χ4v) is 3.43. The van der Waals surface area contributed by atoms with E-state index >= 15 is 0 Å². The number of amides is 1. The molecule has 0 bridgehead atoms. The molecule has 25 heavy (non-hydrogen) atoms. The number of ketones is 1. The van der Waals surface area contributed by atoms with Gasteiger partial charge >= 0.3 is 0 Å². The van der Waals surface area contributed by atoms with Gasteiger partial charge in [-0.25, -0.2) is 4.68 Å². The molecular formula is C20H25N3O2. The first kappa shape index (κ1) is 17.4. The van der Waals surface area contributed by atoms with Crippen molar-refractivity contribution in [2.45, 2.75) is 40.0 Å². The Kier molecular flexibility index (Phi) is 5.02. The second-order valence-electron chi connectivity index (χ2n) is 6.97. The molecule has 132 valence electrons. The van der Waals surface area contributed by atoms with E-state index in [-0.39, 0.29) is 23.5 Å². The molecule has 0 radical (unpaired) electrons. The third kappa shape index (κ3) is 3.50. The highest BCUT2D eigenvalue weighted by molar-refractivity contribution is 5.96. The number of anilines is 1. The molecule has 1 amide bonds. The first-order valence-electron chi connectivity index (χ1n) is 8.93. The Bertz CT molecular complexity index is 767. The van der Waals surface area contributed by atoms with Crippen LogP contribution in [0.15, 0.2) is 36.5 Å². The number of fused-ring (bicyclic) bond motifs is 1. The lowest BCUT2D eigenvalue weighted by Crippen LogP contribution is -2.39. The van der Waals surface area contributed by atoms with Gasteiger partial charge in [0.15, 0.2) is 0 Å². The lowest BCUT2D eigenvalue weighted by Gasteiger charge is -2.30. The average molecular weight is 339 g/mol. The normalized spacial score (nSPS) is 16.2. The topological polar surface area (TPSA) is 55.2 Å². The molecule has 2 aromatic rings. The second kappa shape index (κ2) is 7.21. The van der Waals surface area contributed by atoms with Crippen LogP contribution in [0.2, 0.25) is 0 Å². The van der Waals surface area contributed by atoms with Gasteiger partial charge in [-0.15, -0.1) is 0 Å². The summed E-state index contributed by atoms with van der Waals surface area (Å²) >= 11 is 0. The van der Waals surface area contributed by atoms with E-state index in [1.165, 1.54) is 0 Å². The summed E-state index contributed by atoms with van der Waals surface area (Å²) in [5.74, 6) is -0.0438. The second-order valence-corrected chi connectivity index (χ2v) is 6.97. The number of hydrogen-bond acceptors (Lipinski definition) is 3. The van der Waals surface area contributed by atoms with Crippen molar-refractivity contribution in [3.05, 3.63) is 42.2 Å². The highest BCUT2D eigenvalue weighted by Crippen LogP contribution is 2.30. The molecule has 0 fully saturated rings. The summed E-state index contributed by atoms with van der Waals surface area (Å²) in [6.07, 6.45) is 4.21. The van der Waals surface area contributed by atoms with Gasteiger partial charge in [-0.3, -0.25) is 9.59 Å². The Morgan fingerprint density at radius 3 is 2.56 bits per heavy atom. The lowest BCUT2D eigenvalue weighted by molar-refractivity contribution is -0.124. The maximum absolute atomic E-state index is 12.9. The minimum absolute atomic E-state index is 0.0849. The van der Waals surface area contributed by atoms with Crippen LogP contribution in [0.1, 0.15) is 39.3 Å². The molecule has 2 heterocycles. The molecule has 0 N–H and O–H groups in total. The smallest absolute Gasteiger partial charge is 0.229 e. The van der Waals surface area contributed by atoms with E-state index in [0.717, 1.165) is 29.9 Å². The van der Waals surface area contributed by atoms with Gasteiger partial charge < -0.3 is 4.90 Å². The van der Waals surface area contributed by atoms with Gasteiger partial charge in [0.25, 0.3) is 0 Å². The van der Waals surface area contributed by atoms with Crippen molar-refractivity contribution in [2.24, 2.45) is 11.8 Å². The maximum Gasteiger partial charge on any atom is 0.229 e. The van der Waals surface area contributed by atoms with Crippen molar-refractivity contribution in [2.75, 3.05) is 11.4 Å². The van der Waals surface area contributed by atoms with Crippen molar-refractivity contribution in [1.82, 2.24) is 9.78 Å². The number of carbonyl (C=O) groups excluding carboxylic acids is 2. The summed E-state index contributed by atoms with van der Waals surface area (Å²) < 4.78 is 1.93. The van der Waals surface area contributed by atoms with Crippen LogP contribution in [-0.4, -0.2) is 28.0 Å². The van der Waals surface area contributed by atoms with Gasteiger partial charge in [0.2, 0.25) is 5.91 Å². The van der Waals surface area contributed by atoms with E-state index in [1.54, 1.807) is 13.1 Å². The first-order valence-corrected chi connectivity index (χ1v) is 8.93. The largest absolute Gasteiger partial charge is 0.309 e. The van der Waals surface area contributed by atoms with Crippen LogP contribution in [-0.2, 0) is 16.0 Å². The van der Waals surface area contributed by atoms with E-state index in [9.17, 15) is 9.59 Å². The molecule has 2 unspecified atom stereocenters. The zero-order valence-corrected chi connectivity index (χ0v) is 15.1. The molecule has 0 spiro atoms. The van der Waals surface area contributed by atoms with Crippen LogP contribution in [0.25, 0.3) is 5.69 Å².